The molecular weight excluding hydrogens is 376 g/mol. The second-order valence-corrected chi connectivity index (χ2v) is 9.44. The highest BCUT2D eigenvalue weighted by molar-refractivity contribution is 4.92. The van der Waals surface area contributed by atoms with Gasteiger partial charge in [-0.2, -0.15) is 0 Å². The van der Waals surface area contributed by atoms with Gasteiger partial charge in [0, 0.05) is 5.92 Å². The van der Waals surface area contributed by atoms with Gasteiger partial charge in [-0.1, -0.05) is 19.8 Å². The van der Waals surface area contributed by atoms with E-state index in [0.29, 0.717) is 37.5 Å². The van der Waals surface area contributed by atoms with Crippen LogP contribution in [0.25, 0.3) is 0 Å². The lowest BCUT2D eigenvalue weighted by Gasteiger charge is -2.43. The number of rotatable bonds is 5. The van der Waals surface area contributed by atoms with Gasteiger partial charge in [0.05, 0.1) is 6.10 Å². The Hall–Kier alpha value is -0.400. The van der Waals surface area contributed by atoms with Crippen LogP contribution < -0.4 is 0 Å². The molecule has 0 radical (unpaired) electrons. The molecule has 0 spiro atoms. The zero-order chi connectivity index (χ0) is 20.3. The van der Waals surface area contributed by atoms with E-state index in [1.165, 1.54) is 25.7 Å². The van der Waals surface area contributed by atoms with Gasteiger partial charge in [0.25, 0.3) is 0 Å². The molecule has 3 fully saturated rings. The Morgan fingerprint density at radius 1 is 0.857 bits per heavy atom. The molecule has 3 aliphatic rings. The molecule has 3 aliphatic carbocycles. The summed E-state index contributed by atoms with van der Waals surface area (Å²) >= 11 is 0. The van der Waals surface area contributed by atoms with Crippen LogP contribution >= 0.6 is 0 Å². The van der Waals surface area contributed by atoms with Gasteiger partial charge >= 0.3 is 6.36 Å². The lowest BCUT2D eigenvalue weighted by Crippen LogP contribution is -2.43. The van der Waals surface area contributed by atoms with Crippen molar-refractivity contribution in [2.75, 3.05) is 0 Å². The van der Waals surface area contributed by atoms with E-state index in [0.717, 1.165) is 12.3 Å². The number of hydrogen-bond donors (Lipinski definition) is 1. The van der Waals surface area contributed by atoms with E-state index >= 15 is 4.39 Å². The smallest absolute Gasteiger partial charge is 0.289 e. The molecule has 0 aromatic rings. The van der Waals surface area contributed by atoms with E-state index in [1.54, 1.807) is 0 Å². The van der Waals surface area contributed by atoms with Gasteiger partial charge in [0.15, 0.2) is 0 Å². The van der Waals surface area contributed by atoms with Crippen LogP contribution in [0.5, 0.6) is 0 Å². The first-order valence-electron chi connectivity index (χ1n) is 11.0. The average Bonchev–Trinajstić information content (AvgIpc) is 2.64. The van der Waals surface area contributed by atoms with Crippen molar-refractivity contribution < 1.29 is 32.4 Å². The van der Waals surface area contributed by atoms with E-state index in [2.05, 4.69) is 11.7 Å². The van der Waals surface area contributed by atoms with Crippen LogP contribution in [0.4, 0.5) is 17.6 Å². The van der Waals surface area contributed by atoms with Gasteiger partial charge in [0.1, 0.15) is 12.3 Å². The second-order valence-electron chi connectivity index (χ2n) is 9.44. The van der Waals surface area contributed by atoms with Crippen LogP contribution in [-0.2, 0) is 9.62 Å². The standard InChI is InChI=1S/C21H34F4O3/c1-13-2-4-14(5-3-13)16-8-11-18(19(22)12-16)20(28-26)15-6-9-17(10-7-15)27-21(23,24)25/h13-20,26H,2-12H2,1H3. The molecule has 4 atom stereocenters. The topological polar surface area (TPSA) is 38.7 Å². The van der Waals surface area contributed by atoms with Gasteiger partial charge < -0.3 is 0 Å². The SMILES string of the molecule is CC1CCC(C2CCC(C(OO)C3CCC(OC(F)(F)F)CC3)C(F)C2)CC1. The maximum Gasteiger partial charge on any atom is 0.522 e. The summed E-state index contributed by atoms with van der Waals surface area (Å²) in [6.07, 6.45) is 1.32. The van der Waals surface area contributed by atoms with Crippen molar-refractivity contribution in [2.24, 2.45) is 29.6 Å². The summed E-state index contributed by atoms with van der Waals surface area (Å²) in [7, 11) is 0. The first-order chi connectivity index (χ1) is 13.3. The molecule has 4 unspecified atom stereocenters. The minimum atomic E-state index is -4.62. The largest absolute Gasteiger partial charge is 0.522 e. The van der Waals surface area contributed by atoms with Gasteiger partial charge in [-0.3, -0.25) is 9.99 Å². The molecule has 0 aromatic heterocycles. The quantitative estimate of drug-likeness (QED) is 0.319. The highest BCUT2D eigenvalue weighted by Crippen LogP contribution is 2.45. The van der Waals surface area contributed by atoms with Crippen molar-refractivity contribution in [2.45, 2.75) is 102 Å². The van der Waals surface area contributed by atoms with Gasteiger partial charge in [-0.25, -0.2) is 9.28 Å². The van der Waals surface area contributed by atoms with Crippen molar-refractivity contribution >= 4 is 0 Å². The monoisotopic (exact) mass is 410 g/mol. The van der Waals surface area contributed by atoms with Crippen LogP contribution in [0.15, 0.2) is 0 Å². The Balaban J connectivity index is 1.50. The van der Waals surface area contributed by atoms with Crippen molar-refractivity contribution in [1.29, 1.82) is 0 Å². The Kier molecular flexibility index (Phi) is 7.65. The number of hydrogen-bond acceptors (Lipinski definition) is 3. The fourth-order valence-corrected chi connectivity index (χ4v) is 5.96. The van der Waals surface area contributed by atoms with Gasteiger partial charge in [-0.05, 0) is 81.5 Å². The van der Waals surface area contributed by atoms with E-state index in [-0.39, 0.29) is 24.7 Å². The molecule has 3 rings (SSSR count). The predicted molar refractivity (Wildman–Crippen MR) is 97.2 cm³/mol. The Morgan fingerprint density at radius 2 is 1.46 bits per heavy atom. The summed E-state index contributed by atoms with van der Waals surface area (Å²) in [5, 5.41) is 9.47. The molecule has 164 valence electrons. The summed E-state index contributed by atoms with van der Waals surface area (Å²) in [6, 6.07) is 0. The first kappa shape index (κ1) is 22.3. The predicted octanol–water partition coefficient (Wildman–Crippen LogP) is 6.52. The summed E-state index contributed by atoms with van der Waals surface area (Å²) in [5.41, 5.74) is 0. The normalized spacial score (nSPS) is 41.6. The summed E-state index contributed by atoms with van der Waals surface area (Å²) < 4.78 is 56.3. The lowest BCUT2D eigenvalue weighted by atomic mass is 9.66. The number of alkyl halides is 4. The maximum atomic E-state index is 15.1. The Labute approximate surface area is 165 Å². The average molecular weight is 410 g/mol. The minimum Gasteiger partial charge on any atom is -0.289 e. The highest BCUT2D eigenvalue weighted by Gasteiger charge is 2.44. The number of ether oxygens (including phenoxy) is 1. The summed E-state index contributed by atoms with van der Waals surface area (Å²) in [5.74, 6) is 1.31. The van der Waals surface area contributed by atoms with E-state index in [9.17, 15) is 18.4 Å². The molecule has 0 saturated heterocycles. The Morgan fingerprint density at radius 3 is 2.00 bits per heavy atom. The summed E-state index contributed by atoms with van der Waals surface area (Å²) in [6.45, 7) is 2.28. The third kappa shape index (κ3) is 5.82. The second kappa shape index (κ2) is 9.61. The van der Waals surface area contributed by atoms with Crippen LogP contribution in [-0.4, -0.2) is 30.0 Å². The molecule has 3 nitrogen and oxygen atoms in total. The zero-order valence-electron chi connectivity index (χ0n) is 16.7. The molecule has 0 heterocycles. The van der Waals surface area contributed by atoms with Gasteiger partial charge in [0.2, 0.25) is 0 Å². The maximum absolute atomic E-state index is 15.1. The van der Waals surface area contributed by atoms with E-state index in [4.69, 9.17) is 4.89 Å². The first-order valence-corrected chi connectivity index (χ1v) is 11.0. The van der Waals surface area contributed by atoms with Crippen molar-refractivity contribution in [3.8, 4) is 0 Å². The molecule has 7 heteroatoms. The molecule has 0 bridgehead atoms. The summed E-state index contributed by atoms with van der Waals surface area (Å²) in [4.78, 5) is 4.73. The molecule has 3 saturated carbocycles. The van der Waals surface area contributed by atoms with Crippen molar-refractivity contribution in [3.05, 3.63) is 0 Å². The molecule has 1 N–H and O–H groups in total. The zero-order valence-corrected chi connectivity index (χ0v) is 16.7. The van der Waals surface area contributed by atoms with Crippen molar-refractivity contribution in [3.63, 3.8) is 0 Å². The van der Waals surface area contributed by atoms with Crippen molar-refractivity contribution in [1.82, 2.24) is 0 Å². The fourth-order valence-electron chi connectivity index (χ4n) is 5.96. The molecule has 0 aliphatic heterocycles. The molecule has 0 amide bonds. The third-order valence-corrected chi connectivity index (χ3v) is 7.62. The fraction of sp³-hybridized carbons (Fsp3) is 1.00. The Bertz CT molecular complexity index is 471. The van der Waals surface area contributed by atoms with Crippen LogP contribution in [0.3, 0.4) is 0 Å². The van der Waals surface area contributed by atoms with Gasteiger partial charge in [-0.15, -0.1) is 13.2 Å². The van der Waals surface area contributed by atoms with Crippen LogP contribution in [0.2, 0.25) is 0 Å². The van der Waals surface area contributed by atoms with E-state index in [1.807, 2.05) is 0 Å². The lowest BCUT2D eigenvalue weighted by molar-refractivity contribution is -0.348. The van der Waals surface area contributed by atoms with Crippen LogP contribution in [0, 0.1) is 29.6 Å². The molecular formula is C21H34F4O3. The molecule has 28 heavy (non-hydrogen) atoms. The number of halogens is 4. The van der Waals surface area contributed by atoms with Crippen LogP contribution in [0.1, 0.15) is 77.6 Å². The molecule has 0 aromatic carbocycles. The third-order valence-electron chi connectivity index (χ3n) is 7.62. The minimum absolute atomic E-state index is 0.117. The highest BCUT2D eigenvalue weighted by atomic mass is 19.4. The van der Waals surface area contributed by atoms with E-state index < -0.39 is 24.7 Å².